The Bertz CT molecular complexity index is 1120. The van der Waals surface area contributed by atoms with E-state index in [0.717, 1.165) is 11.1 Å². The Labute approximate surface area is 209 Å². The second kappa shape index (κ2) is 10.2. The van der Waals surface area contributed by atoms with Crippen molar-refractivity contribution in [1.82, 2.24) is 10.2 Å². The fraction of sp³-hybridized carbons (Fsp3) is 0.310. The average molecular weight is 487 g/mol. The van der Waals surface area contributed by atoms with Crippen LogP contribution in [0.25, 0.3) is 0 Å². The molecule has 0 saturated carbocycles. The second-order valence-electron chi connectivity index (χ2n) is 10.2. The number of hydrogen-bond donors (Lipinski definition) is 1. The number of urea groups is 1. The van der Waals surface area contributed by atoms with E-state index in [1.165, 1.54) is 15.3 Å². The Balaban J connectivity index is 1.53. The minimum Gasteiger partial charge on any atom is -0.407 e. The van der Waals surface area contributed by atoms with Crippen molar-refractivity contribution in [2.75, 3.05) is 6.61 Å². The van der Waals surface area contributed by atoms with E-state index >= 15 is 0 Å². The van der Waals surface area contributed by atoms with Crippen molar-refractivity contribution in [2.45, 2.75) is 51.7 Å². The van der Waals surface area contributed by atoms with Crippen molar-refractivity contribution in [1.29, 1.82) is 0 Å². The Hall–Kier alpha value is -3.22. The zero-order chi connectivity index (χ0) is 25.1. The minimum absolute atomic E-state index is 0.143. The molecule has 0 aromatic heterocycles. The first-order chi connectivity index (χ1) is 16.7. The SMILES string of the molecule is Cc1ccc(CN2C(=O)NC(CCO[Si](c3ccccc3)(c3ccccc3)C(C)(C)C)C2=O)cc1. The number of rotatable bonds is 8. The molecule has 1 aliphatic rings. The summed E-state index contributed by atoms with van der Waals surface area (Å²) in [5, 5.41) is 5.11. The molecule has 6 heteroatoms. The number of nitrogens with one attached hydrogen (secondary N) is 1. The molecule has 0 radical (unpaired) electrons. The van der Waals surface area contributed by atoms with Crippen LogP contribution in [0, 0.1) is 6.92 Å². The highest BCUT2D eigenvalue weighted by Gasteiger charge is 2.50. The molecule has 1 aliphatic heterocycles. The van der Waals surface area contributed by atoms with Gasteiger partial charge in [0.1, 0.15) is 6.04 Å². The molecule has 35 heavy (non-hydrogen) atoms. The van der Waals surface area contributed by atoms with Gasteiger partial charge in [-0.1, -0.05) is 111 Å². The molecule has 0 bridgehead atoms. The maximum Gasteiger partial charge on any atom is 0.325 e. The summed E-state index contributed by atoms with van der Waals surface area (Å²) < 4.78 is 6.90. The van der Waals surface area contributed by atoms with Crippen LogP contribution in [0.2, 0.25) is 5.04 Å². The number of aryl methyl sites for hydroxylation is 1. The summed E-state index contributed by atoms with van der Waals surface area (Å²) in [6, 6.07) is 27.8. The normalized spacial score (nSPS) is 16.5. The van der Waals surface area contributed by atoms with Crippen LogP contribution in [-0.4, -0.2) is 37.8 Å². The van der Waals surface area contributed by atoms with Crippen LogP contribution in [0.3, 0.4) is 0 Å². The van der Waals surface area contributed by atoms with Crippen molar-refractivity contribution in [3.8, 4) is 0 Å². The molecule has 0 aliphatic carbocycles. The second-order valence-corrected chi connectivity index (χ2v) is 14.5. The van der Waals surface area contributed by atoms with Crippen LogP contribution in [0.5, 0.6) is 0 Å². The van der Waals surface area contributed by atoms with Gasteiger partial charge in [-0.15, -0.1) is 0 Å². The number of imide groups is 1. The molecule has 3 aromatic carbocycles. The lowest BCUT2D eigenvalue weighted by atomic mass is 10.1. The summed E-state index contributed by atoms with van der Waals surface area (Å²) in [5.41, 5.74) is 2.08. The smallest absolute Gasteiger partial charge is 0.325 e. The molecule has 1 atom stereocenters. The van der Waals surface area contributed by atoms with Crippen molar-refractivity contribution < 1.29 is 14.0 Å². The van der Waals surface area contributed by atoms with E-state index in [-0.39, 0.29) is 23.5 Å². The zero-order valence-electron chi connectivity index (χ0n) is 21.0. The minimum atomic E-state index is -2.68. The Morgan fingerprint density at radius 3 is 1.91 bits per heavy atom. The van der Waals surface area contributed by atoms with Crippen molar-refractivity contribution in [3.05, 3.63) is 96.1 Å². The molecule has 0 spiro atoms. The molecule has 5 nitrogen and oxygen atoms in total. The van der Waals surface area contributed by atoms with Crippen LogP contribution in [-0.2, 0) is 15.8 Å². The highest BCUT2D eigenvalue weighted by Crippen LogP contribution is 2.37. The molecular weight excluding hydrogens is 452 g/mol. The van der Waals surface area contributed by atoms with Gasteiger partial charge in [-0.25, -0.2) is 4.79 Å². The van der Waals surface area contributed by atoms with Gasteiger partial charge in [0.25, 0.3) is 14.2 Å². The lowest BCUT2D eigenvalue weighted by Crippen LogP contribution is -2.66. The number of benzene rings is 3. The summed E-state index contributed by atoms with van der Waals surface area (Å²) in [4.78, 5) is 27.0. The third-order valence-corrected chi connectivity index (χ3v) is 11.8. The Morgan fingerprint density at radius 1 is 0.857 bits per heavy atom. The van der Waals surface area contributed by atoms with E-state index in [9.17, 15) is 9.59 Å². The zero-order valence-corrected chi connectivity index (χ0v) is 22.0. The van der Waals surface area contributed by atoms with E-state index in [4.69, 9.17) is 4.43 Å². The number of carbonyl (C=O) groups is 2. The molecule has 1 fully saturated rings. The predicted molar refractivity (Wildman–Crippen MR) is 142 cm³/mol. The molecule has 3 aromatic rings. The summed E-state index contributed by atoms with van der Waals surface area (Å²) in [5.74, 6) is -0.193. The van der Waals surface area contributed by atoms with E-state index < -0.39 is 14.4 Å². The topological polar surface area (TPSA) is 58.6 Å². The van der Waals surface area contributed by atoms with Crippen LogP contribution in [0.4, 0.5) is 4.79 Å². The Kier molecular flexibility index (Phi) is 7.24. The summed E-state index contributed by atoms with van der Waals surface area (Å²) >= 11 is 0. The molecule has 1 saturated heterocycles. The predicted octanol–water partition coefficient (Wildman–Crippen LogP) is 4.38. The van der Waals surface area contributed by atoms with E-state index in [0.29, 0.717) is 13.0 Å². The first kappa shape index (κ1) is 24.9. The third kappa shape index (κ3) is 5.09. The number of hydrogen-bond acceptors (Lipinski definition) is 3. The fourth-order valence-electron chi connectivity index (χ4n) is 4.89. The van der Waals surface area contributed by atoms with Crippen molar-refractivity contribution in [2.24, 2.45) is 0 Å². The van der Waals surface area contributed by atoms with Gasteiger partial charge in [0.2, 0.25) is 0 Å². The van der Waals surface area contributed by atoms with Crippen LogP contribution in [0.1, 0.15) is 38.3 Å². The van der Waals surface area contributed by atoms with Crippen LogP contribution in [0.15, 0.2) is 84.9 Å². The standard InChI is InChI=1S/C29H34N2O3Si/c1-22-15-17-23(18-16-22)21-31-27(32)26(30-28(31)33)19-20-34-35(29(2,3)4,24-11-7-5-8-12-24)25-13-9-6-10-14-25/h5-18,26H,19-21H2,1-4H3,(H,30,33). The highest BCUT2D eigenvalue weighted by atomic mass is 28.4. The van der Waals surface area contributed by atoms with Crippen LogP contribution >= 0.6 is 0 Å². The van der Waals surface area contributed by atoms with Gasteiger partial charge in [-0.2, -0.15) is 0 Å². The molecule has 4 rings (SSSR count). The summed E-state index contributed by atoms with van der Waals surface area (Å²) in [6.07, 6.45) is 0.430. The molecule has 3 amide bonds. The van der Waals surface area contributed by atoms with Gasteiger partial charge < -0.3 is 9.74 Å². The number of amides is 3. The fourth-order valence-corrected chi connectivity index (χ4v) is 9.47. The third-order valence-electron chi connectivity index (χ3n) is 6.71. The quantitative estimate of drug-likeness (QED) is 0.380. The molecule has 182 valence electrons. The first-order valence-electron chi connectivity index (χ1n) is 12.1. The van der Waals surface area contributed by atoms with Crippen molar-refractivity contribution in [3.63, 3.8) is 0 Å². The average Bonchev–Trinajstić information content (AvgIpc) is 3.11. The molecule has 1 N–H and O–H groups in total. The van der Waals surface area contributed by atoms with Gasteiger partial charge in [0, 0.05) is 6.61 Å². The first-order valence-corrected chi connectivity index (χ1v) is 14.1. The van der Waals surface area contributed by atoms with Crippen LogP contribution < -0.4 is 15.7 Å². The van der Waals surface area contributed by atoms with Gasteiger partial charge in [0.05, 0.1) is 6.54 Å². The highest BCUT2D eigenvalue weighted by molar-refractivity contribution is 6.99. The van der Waals surface area contributed by atoms with Crippen molar-refractivity contribution >= 4 is 30.6 Å². The van der Waals surface area contributed by atoms with E-state index in [1.54, 1.807) is 0 Å². The number of nitrogens with zero attached hydrogens (tertiary/aromatic N) is 1. The lowest BCUT2D eigenvalue weighted by Gasteiger charge is -2.43. The van der Waals surface area contributed by atoms with E-state index in [1.807, 2.05) is 43.3 Å². The summed E-state index contributed by atoms with van der Waals surface area (Å²) in [6.45, 7) is 9.35. The molecule has 1 unspecified atom stereocenters. The van der Waals surface area contributed by atoms with Gasteiger partial charge in [-0.05, 0) is 34.3 Å². The van der Waals surface area contributed by atoms with Gasteiger partial charge >= 0.3 is 6.03 Å². The Morgan fingerprint density at radius 2 is 1.40 bits per heavy atom. The summed E-state index contributed by atoms with van der Waals surface area (Å²) in [7, 11) is -2.68. The monoisotopic (exact) mass is 486 g/mol. The largest absolute Gasteiger partial charge is 0.407 e. The van der Waals surface area contributed by atoms with E-state index in [2.05, 4.69) is 74.6 Å². The lowest BCUT2D eigenvalue weighted by molar-refractivity contribution is -0.128. The van der Waals surface area contributed by atoms with Gasteiger partial charge in [-0.3, -0.25) is 9.69 Å². The number of carbonyl (C=O) groups excluding carboxylic acids is 2. The molecular formula is C29H34N2O3Si. The maximum atomic E-state index is 13.1. The molecule has 1 heterocycles. The maximum absolute atomic E-state index is 13.1. The van der Waals surface area contributed by atoms with Gasteiger partial charge in [0.15, 0.2) is 0 Å².